The molecule has 0 aliphatic carbocycles. The SMILES string of the molecule is C=C(COCCC(F)(F)C(F)(F)S(=O)(=O)O)C(=O)OC1C2OC3C1OC(=O)C3C2OC(C)=O. The number of fused-ring (bicyclic) bond motifs is 1. The predicted octanol–water partition coefficient (Wildman–Crippen LogP) is 0.231. The second-order valence-electron chi connectivity index (χ2n) is 7.54. The molecule has 186 valence electrons. The van der Waals surface area contributed by atoms with Gasteiger partial charge in [-0.05, 0) is 0 Å². The third kappa shape index (κ3) is 4.43. The molecule has 16 heteroatoms. The van der Waals surface area contributed by atoms with Crippen molar-refractivity contribution in [1.82, 2.24) is 0 Å². The Bertz CT molecular complexity index is 966. The van der Waals surface area contributed by atoms with E-state index < -0.39 is 101 Å². The van der Waals surface area contributed by atoms with Gasteiger partial charge in [0.1, 0.15) is 24.2 Å². The highest BCUT2D eigenvalue weighted by atomic mass is 32.2. The molecule has 2 bridgehead atoms. The fourth-order valence-electron chi connectivity index (χ4n) is 3.73. The van der Waals surface area contributed by atoms with Crippen molar-refractivity contribution in [2.75, 3.05) is 13.2 Å². The van der Waals surface area contributed by atoms with E-state index in [1.165, 1.54) is 0 Å². The van der Waals surface area contributed by atoms with Crippen LogP contribution in [0.5, 0.6) is 0 Å². The van der Waals surface area contributed by atoms with Gasteiger partial charge in [-0.15, -0.1) is 0 Å². The maximum Gasteiger partial charge on any atom is 0.431 e. The van der Waals surface area contributed by atoms with Gasteiger partial charge in [0.05, 0.1) is 18.8 Å². The second-order valence-corrected chi connectivity index (χ2v) is 9.00. The van der Waals surface area contributed by atoms with Crippen molar-refractivity contribution in [2.45, 2.75) is 55.0 Å². The van der Waals surface area contributed by atoms with Crippen molar-refractivity contribution >= 4 is 28.0 Å². The molecular formula is C17H18F4O11S. The quantitative estimate of drug-likeness (QED) is 0.108. The number of hydrogen-bond donors (Lipinski definition) is 1. The minimum Gasteiger partial charge on any atom is -0.459 e. The molecular weight excluding hydrogens is 488 g/mol. The van der Waals surface area contributed by atoms with Crippen LogP contribution in [0.25, 0.3) is 0 Å². The summed E-state index contributed by atoms with van der Waals surface area (Å²) in [4.78, 5) is 35.6. The van der Waals surface area contributed by atoms with E-state index in [0.717, 1.165) is 6.92 Å². The van der Waals surface area contributed by atoms with E-state index in [4.69, 9.17) is 23.5 Å². The highest BCUT2D eigenvalue weighted by Gasteiger charge is 2.71. The standard InChI is InChI=1S/C17H18F4O11S/c1-6(5-28-4-3-16(18,19)17(20,21)33(25,26)27)14(23)31-13-11-9(29-7(2)22)8-10(30-11)12(13)32-15(8)24/h8-13H,1,3-5H2,2H3,(H,25,26,27). The minimum absolute atomic E-state index is 0.437. The predicted molar refractivity (Wildman–Crippen MR) is 93.5 cm³/mol. The third-order valence-corrected chi connectivity index (χ3v) is 6.21. The Morgan fingerprint density at radius 2 is 1.76 bits per heavy atom. The van der Waals surface area contributed by atoms with E-state index in [1.54, 1.807) is 0 Å². The van der Waals surface area contributed by atoms with Gasteiger partial charge in [0.25, 0.3) is 0 Å². The lowest BCUT2D eigenvalue weighted by molar-refractivity contribution is -0.170. The van der Waals surface area contributed by atoms with Gasteiger partial charge in [0.15, 0.2) is 12.2 Å². The molecule has 3 heterocycles. The first-order valence-corrected chi connectivity index (χ1v) is 10.7. The van der Waals surface area contributed by atoms with Crippen LogP contribution < -0.4 is 0 Å². The molecule has 0 spiro atoms. The van der Waals surface area contributed by atoms with E-state index in [1.807, 2.05) is 0 Å². The number of alkyl halides is 4. The highest BCUT2D eigenvalue weighted by Crippen LogP contribution is 2.49. The summed E-state index contributed by atoms with van der Waals surface area (Å²) >= 11 is 0. The first-order valence-electron chi connectivity index (χ1n) is 9.31. The zero-order chi connectivity index (χ0) is 24.9. The van der Waals surface area contributed by atoms with Crippen LogP contribution >= 0.6 is 0 Å². The fourth-order valence-corrected chi connectivity index (χ4v) is 4.21. The summed E-state index contributed by atoms with van der Waals surface area (Å²) < 4.78 is 108. The van der Waals surface area contributed by atoms with Gasteiger partial charge < -0.3 is 23.7 Å². The van der Waals surface area contributed by atoms with Crippen LogP contribution in [-0.2, 0) is 48.2 Å². The number of esters is 3. The molecule has 3 aliphatic rings. The summed E-state index contributed by atoms with van der Waals surface area (Å²) in [6, 6.07) is 0. The number of carbonyl (C=O) groups excluding carboxylic acids is 3. The molecule has 1 N–H and O–H groups in total. The Morgan fingerprint density at radius 1 is 1.12 bits per heavy atom. The summed E-state index contributed by atoms with van der Waals surface area (Å²) in [5.74, 6) is -8.54. The lowest BCUT2D eigenvalue weighted by atomic mass is 9.85. The molecule has 0 aromatic heterocycles. The number of rotatable bonds is 10. The van der Waals surface area contributed by atoms with E-state index in [2.05, 4.69) is 11.3 Å². The zero-order valence-corrected chi connectivity index (χ0v) is 17.6. The fraction of sp³-hybridized carbons (Fsp3) is 0.706. The molecule has 0 aromatic rings. The van der Waals surface area contributed by atoms with E-state index in [-0.39, 0.29) is 0 Å². The molecule has 33 heavy (non-hydrogen) atoms. The summed E-state index contributed by atoms with van der Waals surface area (Å²) in [5, 5.41) is -5.74. The van der Waals surface area contributed by atoms with Crippen molar-refractivity contribution in [3.63, 3.8) is 0 Å². The lowest BCUT2D eigenvalue weighted by Gasteiger charge is -2.28. The monoisotopic (exact) mass is 506 g/mol. The Balaban J connectivity index is 1.52. The van der Waals surface area contributed by atoms with Crippen LogP contribution in [-0.4, -0.2) is 85.8 Å². The molecule has 6 unspecified atom stereocenters. The maximum absolute atomic E-state index is 13.4. The van der Waals surface area contributed by atoms with Crippen LogP contribution in [0.3, 0.4) is 0 Å². The normalized spacial score (nSPS) is 30.8. The van der Waals surface area contributed by atoms with Crippen LogP contribution in [0.15, 0.2) is 12.2 Å². The van der Waals surface area contributed by atoms with E-state index in [0.29, 0.717) is 0 Å². The molecule has 3 saturated heterocycles. The molecule has 11 nitrogen and oxygen atoms in total. The van der Waals surface area contributed by atoms with Gasteiger partial charge in [-0.2, -0.15) is 26.0 Å². The first kappa shape index (κ1) is 25.3. The van der Waals surface area contributed by atoms with Crippen LogP contribution in [0.1, 0.15) is 13.3 Å². The largest absolute Gasteiger partial charge is 0.459 e. The summed E-state index contributed by atoms with van der Waals surface area (Å²) in [7, 11) is -6.37. The van der Waals surface area contributed by atoms with Crippen LogP contribution in [0.4, 0.5) is 17.6 Å². The Morgan fingerprint density at radius 3 is 2.33 bits per heavy atom. The molecule has 0 aromatic carbocycles. The van der Waals surface area contributed by atoms with Crippen molar-refractivity contribution in [2.24, 2.45) is 5.92 Å². The molecule has 0 radical (unpaired) electrons. The topological polar surface area (TPSA) is 152 Å². The van der Waals surface area contributed by atoms with E-state index in [9.17, 15) is 40.4 Å². The van der Waals surface area contributed by atoms with Gasteiger partial charge >= 0.3 is 39.2 Å². The van der Waals surface area contributed by atoms with Gasteiger partial charge in [-0.3, -0.25) is 14.1 Å². The molecule has 3 rings (SSSR count). The average Bonchev–Trinajstić information content (AvgIpc) is 3.28. The molecule has 0 saturated carbocycles. The Kier molecular flexibility index (Phi) is 6.51. The molecule has 3 aliphatic heterocycles. The highest BCUT2D eigenvalue weighted by molar-refractivity contribution is 7.87. The maximum atomic E-state index is 13.4. The zero-order valence-electron chi connectivity index (χ0n) is 16.7. The summed E-state index contributed by atoms with van der Waals surface area (Å²) in [6.07, 6.45) is -6.78. The van der Waals surface area contributed by atoms with E-state index >= 15 is 0 Å². The van der Waals surface area contributed by atoms with Crippen LogP contribution in [0.2, 0.25) is 0 Å². The third-order valence-electron chi connectivity index (χ3n) is 5.26. The first-order chi connectivity index (χ1) is 15.1. The van der Waals surface area contributed by atoms with Gasteiger partial charge in [0.2, 0.25) is 0 Å². The van der Waals surface area contributed by atoms with Gasteiger partial charge in [-0.1, -0.05) is 6.58 Å². The Labute approximate surface area is 183 Å². The number of ether oxygens (including phenoxy) is 5. The minimum atomic E-state index is -6.37. The number of halogens is 4. The molecule has 0 amide bonds. The molecule has 3 fully saturated rings. The van der Waals surface area contributed by atoms with Crippen LogP contribution in [0, 0.1) is 5.92 Å². The summed E-state index contributed by atoms with van der Waals surface area (Å²) in [6.45, 7) is 2.55. The summed E-state index contributed by atoms with van der Waals surface area (Å²) in [5.41, 5.74) is -0.437. The average molecular weight is 506 g/mol. The lowest BCUT2D eigenvalue weighted by Crippen LogP contribution is -2.49. The van der Waals surface area contributed by atoms with Crippen molar-refractivity contribution in [3.8, 4) is 0 Å². The van der Waals surface area contributed by atoms with Gasteiger partial charge in [0, 0.05) is 13.3 Å². The molecule has 6 atom stereocenters. The number of carbonyl (C=O) groups is 3. The van der Waals surface area contributed by atoms with Crippen molar-refractivity contribution < 1.29 is 68.6 Å². The van der Waals surface area contributed by atoms with Crippen molar-refractivity contribution in [3.05, 3.63) is 12.2 Å². The second kappa shape index (κ2) is 8.48. The Hall–Kier alpha value is -2.30. The van der Waals surface area contributed by atoms with Gasteiger partial charge in [-0.25, -0.2) is 4.79 Å². The smallest absolute Gasteiger partial charge is 0.431 e. The number of hydrogen-bond acceptors (Lipinski definition) is 10. The van der Waals surface area contributed by atoms with Crippen molar-refractivity contribution in [1.29, 1.82) is 0 Å².